The van der Waals surface area contributed by atoms with Gasteiger partial charge in [0, 0.05) is 6.07 Å². The highest BCUT2D eigenvalue weighted by Gasteiger charge is 2.14. The Morgan fingerprint density at radius 1 is 1.23 bits per heavy atom. The van der Waals surface area contributed by atoms with Gasteiger partial charge in [0.1, 0.15) is 22.3 Å². The lowest BCUT2D eigenvalue weighted by molar-refractivity contribution is 0.103. The molecule has 1 amide bonds. The molecular formula is C16H16ClN7OS. The van der Waals surface area contributed by atoms with Crippen LogP contribution in [0.5, 0.6) is 0 Å². The molecule has 0 aliphatic rings. The van der Waals surface area contributed by atoms with Crippen molar-refractivity contribution >= 4 is 51.3 Å². The number of halogens is 1. The van der Waals surface area contributed by atoms with Crippen molar-refractivity contribution in [2.24, 2.45) is 5.84 Å². The Morgan fingerprint density at radius 2 is 2.00 bits per heavy atom. The van der Waals surface area contributed by atoms with Crippen molar-refractivity contribution in [2.45, 2.75) is 13.8 Å². The van der Waals surface area contributed by atoms with Crippen molar-refractivity contribution in [3.63, 3.8) is 0 Å². The van der Waals surface area contributed by atoms with Gasteiger partial charge in [0.2, 0.25) is 0 Å². The van der Waals surface area contributed by atoms with Crippen molar-refractivity contribution < 1.29 is 4.79 Å². The molecule has 0 saturated heterocycles. The van der Waals surface area contributed by atoms with Gasteiger partial charge in [-0.25, -0.2) is 20.8 Å². The van der Waals surface area contributed by atoms with Gasteiger partial charge in [-0.1, -0.05) is 35.1 Å². The molecule has 0 spiro atoms. The topological polar surface area (TPSA) is 118 Å². The number of carbonyl (C=O) groups excluding carboxylic acids is 1. The third-order valence-electron chi connectivity index (χ3n) is 3.41. The number of nitrogens with one attached hydrogen (secondary N) is 3. The molecule has 8 nitrogen and oxygen atoms in total. The van der Waals surface area contributed by atoms with Crippen LogP contribution in [0, 0.1) is 13.8 Å². The number of nitrogens with zero attached hydrogens (tertiary/aromatic N) is 3. The highest BCUT2D eigenvalue weighted by atomic mass is 35.5. The molecule has 3 aromatic rings. The number of rotatable bonds is 5. The monoisotopic (exact) mass is 389 g/mol. The van der Waals surface area contributed by atoms with Crippen LogP contribution in [0.1, 0.15) is 21.1 Å². The fourth-order valence-electron chi connectivity index (χ4n) is 2.22. The molecule has 5 N–H and O–H groups in total. The molecule has 0 radical (unpaired) electrons. The second-order valence-electron chi connectivity index (χ2n) is 5.37. The van der Waals surface area contributed by atoms with E-state index < -0.39 is 0 Å². The van der Waals surface area contributed by atoms with Crippen LogP contribution in [0.15, 0.2) is 30.5 Å². The Labute approximate surface area is 158 Å². The first-order valence-electron chi connectivity index (χ1n) is 7.58. The Bertz CT molecular complexity index is 939. The molecule has 0 aliphatic carbocycles. The number of nitrogen functional groups attached to an aromatic ring is 1. The molecule has 0 unspecified atom stereocenters. The molecule has 0 fully saturated rings. The fraction of sp³-hybridized carbons (Fsp3) is 0.125. The van der Waals surface area contributed by atoms with Gasteiger partial charge in [-0.2, -0.15) is 0 Å². The van der Waals surface area contributed by atoms with Gasteiger partial charge in [-0.3, -0.25) is 4.79 Å². The van der Waals surface area contributed by atoms with Gasteiger partial charge in [-0.05, 0) is 25.5 Å². The van der Waals surface area contributed by atoms with Crippen LogP contribution < -0.4 is 21.9 Å². The van der Waals surface area contributed by atoms with Gasteiger partial charge in [-0.15, -0.1) is 0 Å². The summed E-state index contributed by atoms with van der Waals surface area (Å²) in [7, 11) is 0. The number of hydrazine groups is 1. The van der Waals surface area contributed by atoms with E-state index in [-0.39, 0.29) is 5.91 Å². The summed E-state index contributed by atoms with van der Waals surface area (Å²) in [6, 6.07) is 7.07. The maximum atomic E-state index is 12.5. The summed E-state index contributed by atoms with van der Waals surface area (Å²) in [4.78, 5) is 25.5. The summed E-state index contributed by atoms with van der Waals surface area (Å²) in [5, 5.41) is 6.86. The van der Waals surface area contributed by atoms with Gasteiger partial charge >= 0.3 is 0 Å². The van der Waals surface area contributed by atoms with E-state index in [1.807, 2.05) is 19.1 Å². The Hall–Kier alpha value is -2.75. The zero-order valence-corrected chi connectivity index (χ0v) is 15.6. The summed E-state index contributed by atoms with van der Waals surface area (Å²) in [6.07, 6.45) is 1.49. The number of thiazole rings is 1. The average Bonchev–Trinajstić information content (AvgIpc) is 3.06. The van der Waals surface area contributed by atoms with Crippen molar-refractivity contribution in [1.29, 1.82) is 0 Å². The SMILES string of the molecule is Cc1nc(NN)cc(Nc2ncc(C(=O)Nc3c(C)cccc3Cl)s2)n1. The molecular weight excluding hydrogens is 374 g/mol. The van der Waals surface area contributed by atoms with Crippen molar-refractivity contribution in [1.82, 2.24) is 15.0 Å². The predicted molar refractivity (Wildman–Crippen MR) is 104 cm³/mol. The van der Waals surface area contributed by atoms with E-state index in [2.05, 4.69) is 31.0 Å². The minimum absolute atomic E-state index is 0.282. The minimum Gasteiger partial charge on any atom is -0.320 e. The van der Waals surface area contributed by atoms with Crippen LogP contribution in [0.2, 0.25) is 5.02 Å². The molecule has 10 heteroatoms. The first-order chi connectivity index (χ1) is 12.5. The van der Waals surface area contributed by atoms with E-state index in [4.69, 9.17) is 17.4 Å². The van der Waals surface area contributed by atoms with E-state index in [0.29, 0.717) is 38.2 Å². The van der Waals surface area contributed by atoms with Crippen molar-refractivity contribution in [2.75, 3.05) is 16.1 Å². The number of benzene rings is 1. The Kier molecular flexibility index (Phi) is 5.31. The number of aromatic nitrogens is 3. The third-order valence-corrected chi connectivity index (χ3v) is 4.64. The largest absolute Gasteiger partial charge is 0.320 e. The van der Waals surface area contributed by atoms with Crippen LogP contribution in [0.4, 0.5) is 22.5 Å². The highest BCUT2D eigenvalue weighted by molar-refractivity contribution is 7.17. The molecule has 2 aromatic heterocycles. The normalized spacial score (nSPS) is 10.5. The predicted octanol–water partition coefficient (Wildman–Crippen LogP) is 3.48. The summed E-state index contributed by atoms with van der Waals surface area (Å²) in [6.45, 7) is 3.63. The van der Waals surface area contributed by atoms with Crippen LogP contribution in [-0.2, 0) is 0 Å². The summed E-state index contributed by atoms with van der Waals surface area (Å²) >= 11 is 7.34. The van der Waals surface area contributed by atoms with E-state index in [1.165, 1.54) is 17.5 Å². The van der Waals surface area contributed by atoms with Crippen molar-refractivity contribution in [3.8, 4) is 0 Å². The number of anilines is 4. The van der Waals surface area contributed by atoms with E-state index >= 15 is 0 Å². The van der Waals surface area contributed by atoms with Gasteiger partial charge < -0.3 is 16.1 Å². The van der Waals surface area contributed by atoms with Crippen LogP contribution >= 0.6 is 22.9 Å². The first-order valence-corrected chi connectivity index (χ1v) is 8.77. The van der Waals surface area contributed by atoms with E-state index in [1.54, 1.807) is 19.1 Å². The molecule has 134 valence electrons. The second kappa shape index (κ2) is 7.65. The van der Waals surface area contributed by atoms with Crippen LogP contribution in [0.25, 0.3) is 0 Å². The van der Waals surface area contributed by atoms with E-state index in [9.17, 15) is 4.79 Å². The number of amides is 1. The highest BCUT2D eigenvalue weighted by Crippen LogP contribution is 2.28. The lowest BCUT2D eigenvalue weighted by Gasteiger charge is -2.08. The lowest BCUT2D eigenvalue weighted by atomic mass is 10.2. The van der Waals surface area contributed by atoms with Crippen LogP contribution in [0.3, 0.4) is 0 Å². The summed E-state index contributed by atoms with van der Waals surface area (Å²) in [5.74, 6) is 6.64. The fourth-order valence-corrected chi connectivity index (χ4v) is 3.20. The van der Waals surface area contributed by atoms with Gasteiger partial charge in [0.15, 0.2) is 5.13 Å². The smallest absolute Gasteiger partial charge is 0.267 e. The zero-order valence-electron chi connectivity index (χ0n) is 14.0. The maximum absolute atomic E-state index is 12.5. The molecule has 0 aliphatic heterocycles. The quantitative estimate of drug-likeness (QED) is 0.389. The Morgan fingerprint density at radius 3 is 2.73 bits per heavy atom. The molecule has 0 bridgehead atoms. The van der Waals surface area contributed by atoms with E-state index in [0.717, 1.165) is 5.56 Å². The second-order valence-corrected chi connectivity index (χ2v) is 6.81. The molecule has 26 heavy (non-hydrogen) atoms. The number of hydrogen-bond acceptors (Lipinski definition) is 8. The maximum Gasteiger partial charge on any atom is 0.267 e. The first kappa shape index (κ1) is 18.1. The number of para-hydroxylation sites is 1. The zero-order chi connectivity index (χ0) is 18.7. The van der Waals surface area contributed by atoms with Crippen LogP contribution in [-0.4, -0.2) is 20.9 Å². The summed E-state index contributed by atoms with van der Waals surface area (Å²) in [5.41, 5.74) is 3.94. The minimum atomic E-state index is -0.282. The molecule has 0 saturated carbocycles. The van der Waals surface area contributed by atoms with Crippen molar-refractivity contribution in [3.05, 3.63) is 51.7 Å². The standard InChI is InChI=1S/C16H16ClN7OS/c1-8-4-3-5-10(17)14(8)23-15(25)11-7-19-16(26-11)22-12-6-13(24-18)21-9(2)20-12/h3-7H,18H2,1-2H3,(H,23,25)(H2,19,20,21,22,24). The molecule has 2 heterocycles. The molecule has 1 aromatic carbocycles. The number of aryl methyl sites for hydroxylation is 2. The number of carbonyl (C=O) groups is 1. The van der Waals surface area contributed by atoms with Gasteiger partial charge in [0.05, 0.1) is 16.9 Å². The van der Waals surface area contributed by atoms with Gasteiger partial charge in [0.25, 0.3) is 5.91 Å². The Balaban J connectivity index is 1.75. The molecule has 0 atom stereocenters. The number of nitrogens with two attached hydrogens (primary N) is 1. The average molecular weight is 390 g/mol. The molecule has 3 rings (SSSR count). The lowest BCUT2D eigenvalue weighted by Crippen LogP contribution is -2.11. The third kappa shape index (κ3) is 4.07. The summed E-state index contributed by atoms with van der Waals surface area (Å²) < 4.78 is 0. The number of hydrogen-bond donors (Lipinski definition) is 4.